The molecule has 0 aliphatic heterocycles. The van der Waals surface area contributed by atoms with E-state index in [1.165, 1.54) is 17.7 Å². The van der Waals surface area contributed by atoms with Crippen molar-refractivity contribution in [2.75, 3.05) is 0 Å². The minimum Gasteiger partial charge on any atom is -0.430 e. The van der Waals surface area contributed by atoms with Crippen molar-refractivity contribution >= 4 is 0 Å². The maximum atomic E-state index is 13.7. The first kappa shape index (κ1) is 24.7. The van der Waals surface area contributed by atoms with Crippen molar-refractivity contribution in [2.45, 2.75) is 51.1 Å². The highest BCUT2D eigenvalue weighted by Gasteiger charge is 2.59. The molecule has 0 amide bonds. The van der Waals surface area contributed by atoms with Crippen LogP contribution in [0.25, 0.3) is 22.3 Å². The summed E-state index contributed by atoms with van der Waals surface area (Å²) < 4.78 is 82.1. The number of alkyl halides is 6. The van der Waals surface area contributed by atoms with Crippen molar-refractivity contribution in [3.63, 3.8) is 0 Å². The summed E-state index contributed by atoms with van der Waals surface area (Å²) in [5, 5.41) is 0. The molecule has 0 spiro atoms. The Labute approximate surface area is 189 Å². The third-order valence-corrected chi connectivity index (χ3v) is 5.22. The topological polar surface area (TPSA) is 9.23 Å². The standard InChI is InChI=1S/C26H24F6O/c1-2-3-4-9-18-10-7-11-19(16-18)22-14-5-6-15-23(22)20-12-8-13-21(17-20)33-26(31,32)24(27)25(28,29)30/h5-8,10-17,24H,2-4,9H2,1H3. The summed E-state index contributed by atoms with van der Waals surface area (Å²) in [4.78, 5) is 0. The molecule has 0 aromatic heterocycles. The maximum absolute atomic E-state index is 13.7. The third kappa shape index (κ3) is 6.30. The van der Waals surface area contributed by atoms with Gasteiger partial charge in [-0.1, -0.05) is 80.4 Å². The summed E-state index contributed by atoms with van der Waals surface area (Å²) in [6.07, 6.45) is -11.0. The van der Waals surface area contributed by atoms with Gasteiger partial charge in [-0.2, -0.15) is 22.0 Å². The van der Waals surface area contributed by atoms with Gasteiger partial charge in [0.1, 0.15) is 5.75 Å². The smallest absolute Gasteiger partial charge is 0.430 e. The molecule has 0 heterocycles. The molecule has 7 heteroatoms. The van der Waals surface area contributed by atoms with E-state index in [0.717, 1.165) is 42.9 Å². The molecule has 0 fully saturated rings. The van der Waals surface area contributed by atoms with Crippen LogP contribution in [0.2, 0.25) is 0 Å². The Morgan fingerprint density at radius 3 is 1.97 bits per heavy atom. The van der Waals surface area contributed by atoms with Crippen molar-refractivity contribution in [1.29, 1.82) is 0 Å². The summed E-state index contributed by atoms with van der Waals surface area (Å²) in [6.45, 7) is 2.14. The quantitative estimate of drug-likeness (QED) is 0.227. The molecule has 1 atom stereocenters. The van der Waals surface area contributed by atoms with Crippen molar-refractivity contribution in [1.82, 2.24) is 0 Å². The predicted octanol–water partition coefficient (Wildman–Crippen LogP) is 8.63. The van der Waals surface area contributed by atoms with Crippen LogP contribution in [0.15, 0.2) is 72.8 Å². The van der Waals surface area contributed by atoms with Gasteiger partial charge in [-0.15, -0.1) is 0 Å². The molecule has 3 aromatic rings. The lowest BCUT2D eigenvalue weighted by atomic mass is 9.93. The predicted molar refractivity (Wildman–Crippen MR) is 117 cm³/mol. The fourth-order valence-electron chi connectivity index (χ4n) is 3.59. The second-order valence-corrected chi connectivity index (χ2v) is 7.80. The largest absolute Gasteiger partial charge is 0.439 e. The van der Waals surface area contributed by atoms with Crippen LogP contribution in [0, 0.1) is 0 Å². The molecule has 1 nitrogen and oxygen atoms in total. The molecule has 0 saturated heterocycles. The Hall–Kier alpha value is -2.96. The van der Waals surface area contributed by atoms with Crippen molar-refractivity contribution in [2.24, 2.45) is 0 Å². The Bertz CT molecular complexity index is 1060. The number of hydrogen-bond donors (Lipinski definition) is 0. The second-order valence-electron chi connectivity index (χ2n) is 7.80. The lowest BCUT2D eigenvalue weighted by molar-refractivity contribution is -0.304. The van der Waals surface area contributed by atoms with Crippen LogP contribution in [-0.4, -0.2) is 18.5 Å². The molecule has 0 radical (unpaired) electrons. The van der Waals surface area contributed by atoms with Crippen molar-refractivity contribution < 1.29 is 31.1 Å². The number of unbranched alkanes of at least 4 members (excludes halogenated alkanes) is 2. The van der Waals surface area contributed by atoms with E-state index in [2.05, 4.69) is 17.7 Å². The summed E-state index contributed by atoms with van der Waals surface area (Å²) in [5.74, 6) is -0.562. The van der Waals surface area contributed by atoms with Gasteiger partial charge in [-0.05, 0) is 52.8 Å². The van der Waals surface area contributed by atoms with Crippen LogP contribution in [0.5, 0.6) is 5.75 Å². The fourth-order valence-corrected chi connectivity index (χ4v) is 3.59. The first-order valence-corrected chi connectivity index (χ1v) is 10.7. The monoisotopic (exact) mass is 466 g/mol. The highest BCUT2D eigenvalue weighted by Crippen LogP contribution is 2.38. The van der Waals surface area contributed by atoms with E-state index in [-0.39, 0.29) is 0 Å². The average molecular weight is 466 g/mol. The van der Waals surface area contributed by atoms with Gasteiger partial charge in [0.2, 0.25) is 0 Å². The SMILES string of the molecule is CCCCCc1cccc(-c2ccccc2-c2cccc(OC(F)(F)C(F)C(F)(F)F)c2)c1. The van der Waals surface area contributed by atoms with E-state index in [4.69, 9.17) is 0 Å². The van der Waals surface area contributed by atoms with Gasteiger partial charge in [0, 0.05) is 0 Å². The molecule has 3 aromatic carbocycles. The van der Waals surface area contributed by atoms with Gasteiger partial charge >= 0.3 is 12.3 Å². The summed E-state index contributed by atoms with van der Waals surface area (Å²) in [6, 6.07) is 20.5. The zero-order chi connectivity index (χ0) is 24.1. The number of hydrogen-bond acceptors (Lipinski definition) is 1. The Morgan fingerprint density at radius 2 is 1.36 bits per heavy atom. The third-order valence-electron chi connectivity index (χ3n) is 5.22. The summed E-state index contributed by atoms with van der Waals surface area (Å²) in [7, 11) is 0. The van der Waals surface area contributed by atoms with Crippen molar-refractivity contribution in [3.05, 3.63) is 78.4 Å². The van der Waals surface area contributed by atoms with E-state index >= 15 is 0 Å². The first-order valence-electron chi connectivity index (χ1n) is 10.7. The maximum Gasteiger partial charge on any atom is 0.439 e. The van der Waals surface area contributed by atoms with Gasteiger partial charge in [0.15, 0.2) is 0 Å². The molecular formula is C26H24F6O. The Kier molecular flexibility index (Phi) is 7.72. The molecule has 3 rings (SSSR count). The van der Waals surface area contributed by atoms with Crippen LogP contribution >= 0.6 is 0 Å². The molecule has 0 N–H and O–H groups in total. The molecule has 0 bridgehead atoms. The van der Waals surface area contributed by atoms with Gasteiger partial charge < -0.3 is 4.74 Å². The first-order chi connectivity index (χ1) is 15.6. The zero-order valence-electron chi connectivity index (χ0n) is 18.0. The number of ether oxygens (including phenoxy) is 1. The lowest BCUT2D eigenvalue weighted by Gasteiger charge is -2.23. The van der Waals surface area contributed by atoms with Crippen LogP contribution < -0.4 is 4.74 Å². The van der Waals surface area contributed by atoms with Gasteiger partial charge in [0.05, 0.1) is 0 Å². The van der Waals surface area contributed by atoms with E-state index in [0.29, 0.717) is 11.1 Å². The number of rotatable bonds is 9. The van der Waals surface area contributed by atoms with Crippen LogP contribution in [-0.2, 0) is 6.42 Å². The van der Waals surface area contributed by atoms with Gasteiger partial charge in [0.25, 0.3) is 6.17 Å². The van der Waals surface area contributed by atoms with Gasteiger partial charge in [-0.3, -0.25) is 0 Å². The van der Waals surface area contributed by atoms with E-state index in [1.807, 2.05) is 30.3 Å². The number of halogens is 6. The molecule has 0 saturated carbocycles. The zero-order valence-corrected chi connectivity index (χ0v) is 18.0. The van der Waals surface area contributed by atoms with Crippen LogP contribution in [0.4, 0.5) is 26.3 Å². The fraction of sp³-hybridized carbons (Fsp3) is 0.308. The van der Waals surface area contributed by atoms with E-state index in [9.17, 15) is 26.3 Å². The minimum atomic E-state index is -5.74. The number of benzene rings is 3. The highest BCUT2D eigenvalue weighted by molar-refractivity contribution is 5.84. The molecule has 176 valence electrons. The molecule has 0 aliphatic carbocycles. The Morgan fingerprint density at radius 1 is 0.758 bits per heavy atom. The lowest BCUT2D eigenvalue weighted by Crippen LogP contribution is -2.45. The normalized spacial score (nSPS) is 13.1. The summed E-state index contributed by atoms with van der Waals surface area (Å²) in [5.41, 5.74) is 4.07. The van der Waals surface area contributed by atoms with E-state index in [1.54, 1.807) is 18.2 Å². The minimum absolute atomic E-state index is 0.456. The molecule has 1 unspecified atom stereocenters. The molecule has 0 aliphatic rings. The highest BCUT2D eigenvalue weighted by atomic mass is 19.4. The van der Waals surface area contributed by atoms with Crippen LogP contribution in [0.1, 0.15) is 31.7 Å². The van der Waals surface area contributed by atoms with Crippen LogP contribution in [0.3, 0.4) is 0 Å². The molecular weight excluding hydrogens is 442 g/mol. The summed E-state index contributed by atoms with van der Waals surface area (Å²) >= 11 is 0. The van der Waals surface area contributed by atoms with Gasteiger partial charge in [-0.25, -0.2) is 4.39 Å². The van der Waals surface area contributed by atoms with Crippen molar-refractivity contribution in [3.8, 4) is 28.0 Å². The Balaban J connectivity index is 1.91. The average Bonchev–Trinajstić information content (AvgIpc) is 2.78. The van der Waals surface area contributed by atoms with E-state index < -0.39 is 24.2 Å². The second kappa shape index (κ2) is 10.3. The number of aryl methyl sites for hydroxylation is 1. The molecule has 33 heavy (non-hydrogen) atoms.